The molecule has 0 rings (SSSR count). The summed E-state index contributed by atoms with van der Waals surface area (Å²) >= 11 is 6.29. The number of hydrogen-bond acceptors (Lipinski definition) is 1. The minimum absolute atomic E-state index is 0.858. The Kier molecular flexibility index (Phi) is 7.30. The minimum Gasteiger partial charge on any atom is -0.215 e. The maximum atomic E-state index is 3.66. The third-order valence-corrected chi connectivity index (χ3v) is 1.76. The molecule has 0 aromatic carbocycles. The van der Waals surface area contributed by atoms with Crippen LogP contribution in [0.1, 0.15) is 6.92 Å². The van der Waals surface area contributed by atoms with Crippen molar-refractivity contribution < 1.29 is 0 Å². The van der Waals surface area contributed by atoms with Crippen LogP contribution in [0.5, 0.6) is 0 Å². The lowest BCUT2D eigenvalue weighted by Gasteiger charge is -1.89. The Balaban J connectivity index is 4.04. The maximum absolute atomic E-state index is 3.66. The molecule has 0 saturated carbocycles. The van der Waals surface area contributed by atoms with Crippen molar-refractivity contribution in [2.24, 2.45) is 4.02 Å². The summed E-state index contributed by atoms with van der Waals surface area (Å²) in [7, 11) is 0. The highest BCUT2D eigenvalue weighted by Crippen LogP contribution is 2.00. The Bertz CT molecular complexity index is 159. The highest BCUT2D eigenvalue weighted by Gasteiger charge is 1.83. The number of allylic oxidation sites excluding steroid dienone is 4. The van der Waals surface area contributed by atoms with Gasteiger partial charge in [0.15, 0.2) is 0 Å². The average molecular weight is 267 g/mol. The van der Waals surface area contributed by atoms with E-state index in [-0.39, 0.29) is 0 Å². The Morgan fingerprint density at radius 1 is 1.60 bits per heavy atom. The van der Waals surface area contributed by atoms with Gasteiger partial charge in [0.2, 0.25) is 0 Å². The van der Waals surface area contributed by atoms with Crippen LogP contribution in [0.25, 0.3) is 0 Å². The van der Waals surface area contributed by atoms with E-state index in [2.05, 4.69) is 36.1 Å². The molecule has 0 radical (unpaired) electrons. The molecule has 0 aliphatic rings. The fourth-order valence-electron chi connectivity index (χ4n) is 0.483. The molecule has 0 N–H and O–H groups in total. The van der Waals surface area contributed by atoms with Gasteiger partial charge in [0.25, 0.3) is 0 Å². The number of halogens is 2. The summed E-state index contributed by atoms with van der Waals surface area (Å²) in [5, 5.41) is 0.858. The van der Waals surface area contributed by atoms with E-state index in [0.29, 0.717) is 0 Å². The molecule has 1 nitrogen and oxygen atoms in total. The quantitative estimate of drug-likeness (QED) is 0.422. The summed E-state index contributed by atoms with van der Waals surface area (Å²) < 4.78 is 3.66. The first-order chi connectivity index (χ1) is 4.85. The third-order valence-electron chi connectivity index (χ3n) is 0.880. The second-order valence-corrected chi connectivity index (χ2v) is 2.59. The topological polar surface area (TPSA) is 12.4 Å². The van der Waals surface area contributed by atoms with Crippen molar-refractivity contribution in [3.8, 4) is 0 Å². The predicted molar refractivity (Wildman–Crippen MR) is 54.1 cm³/mol. The van der Waals surface area contributed by atoms with E-state index in [1.807, 2.05) is 25.2 Å². The SMILES string of the molecule is C\C=C/C(=C\C=N\Br)CBr. The van der Waals surface area contributed by atoms with Crippen LogP contribution in [0.2, 0.25) is 0 Å². The summed E-state index contributed by atoms with van der Waals surface area (Å²) in [5.74, 6) is 0. The highest BCUT2D eigenvalue weighted by molar-refractivity contribution is 9.09. The van der Waals surface area contributed by atoms with Gasteiger partial charge < -0.3 is 0 Å². The molecular formula is C7H9Br2N. The smallest absolute Gasteiger partial charge is 0.0733 e. The van der Waals surface area contributed by atoms with Gasteiger partial charge >= 0.3 is 0 Å². The molecule has 0 spiro atoms. The summed E-state index contributed by atoms with van der Waals surface area (Å²) in [6.45, 7) is 1.99. The number of hydrogen-bond donors (Lipinski definition) is 0. The maximum Gasteiger partial charge on any atom is 0.0733 e. The van der Waals surface area contributed by atoms with Gasteiger partial charge in [-0.05, 0) is 18.6 Å². The van der Waals surface area contributed by atoms with Gasteiger partial charge in [0, 0.05) is 11.5 Å². The molecule has 0 atom stereocenters. The fraction of sp³-hybridized carbons (Fsp3) is 0.286. The molecule has 0 saturated heterocycles. The zero-order chi connectivity index (χ0) is 7.82. The van der Waals surface area contributed by atoms with Crippen LogP contribution in [0, 0.1) is 0 Å². The van der Waals surface area contributed by atoms with Crippen molar-refractivity contribution in [1.82, 2.24) is 0 Å². The summed E-state index contributed by atoms with van der Waals surface area (Å²) in [5.41, 5.74) is 1.20. The largest absolute Gasteiger partial charge is 0.215 e. The van der Waals surface area contributed by atoms with Gasteiger partial charge in [0.1, 0.15) is 0 Å². The number of rotatable bonds is 3. The van der Waals surface area contributed by atoms with Gasteiger partial charge in [-0.1, -0.05) is 28.1 Å². The van der Waals surface area contributed by atoms with Crippen molar-refractivity contribution >= 4 is 38.3 Å². The molecule has 0 heterocycles. The molecule has 0 aromatic heterocycles. The average Bonchev–Trinajstić information content (AvgIpc) is 1.98. The van der Waals surface area contributed by atoms with Gasteiger partial charge in [0.05, 0.1) is 16.1 Å². The summed E-state index contributed by atoms with van der Waals surface area (Å²) in [6.07, 6.45) is 7.67. The predicted octanol–water partition coefficient (Wildman–Crippen LogP) is 3.26. The number of alkyl halides is 1. The van der Waals surface area contributed by atoms with Gasteiger partial charge in [-0.15, -0.1) is 0 Å². The second-order valence-electron chi connectivity index (χ2n) is 1.62. The van der Waals surface area contributed by atoms with Crippen LogP contribution in [0.15, 0.2) is 27.8 Å². The molecule has 0 amide bonds. The molecule has 56 valence electrons. The molecule has 0 fully saturated rings. The zero-order valence-corrected chi connectivity index (χ0v) is 8.89. The molecule has 0 unspecified atom stereocenters. The van der Waals surface area contributed by atoms with Crippen molar-refractivity contribution in [3.05, 3.63) is 23.8 Å². The zero-order valence-electron chi connectivity index (χ0n) is 5.72. The molecule has 0 aromatic rings. The number of nitrogens with zero attached hydrogens (tertiary/aromatic N) is 1. The summed E-state index contributed by atoms with van der Waals surface area (Å²) in [4.78, 5) is 0. The standard InChI is InChI=1S/C7H9Br2N/c1-2-3-7(6-8)4-5-10-9/h2-5H,6H2,1H3/b3-2-,7-4+,10-5+. The first-order valence-electron chi connectivity index (χ1n) is 2.87. The first-order valence-corrected chi connectivity index (χ1v) is 4.70. The van der Waals surface area contributed by atoms with E-state index >= 15 is 0 Å². The van der Waals surface area contributed by atoms with Gasteiger partial charge in [-0.25, -0.2) is 4.02 Å². The normalized spacial score (nSPS) is 13.7. The van der Waals surface area contributed by atoms with Gasteiger partial charge in [-0.3, -0.25) is 0 Å². The lowest BCUT2D eigenvalue weighted by Crippen LogP contribution is -1.78. The molecular weight excluding hydrogens is 258 g/mol. The van der Waals surface area contributed by atoms with Crippen LogP contribution in [0.4, 0.5) is 0 Å². The molecule has 10 heavy (non-hydrogen) atoms. The lowest BCUT2D eigenvalue weighted by atomic mass is 10.3. The van der Waals surface area contributed by atoms with Crippen LogP contribution >= 0.6 is 32.1 Å². The van der Waals surface area contributed by atoms with E-state index in [1.165, 1.54) is 5.57 Å². The van der Waals surface area contributed by atoms with E-state index in [4.69, 9.17) is 0 Å². The third kappa shape index (κ3) is 4.94. The molecule has 3 heteroatoms. The summed E-state index contributed by atoms with van der Waals surface area (Å²) in [6, 6.07) is 0. The van der Waals surface area contributed by atoms with E-state index in [0.717, 1.165) is 5.33 Å². The molecule has 0 aliphatic heterocycles. The van der Waals surface area contributed by atoms with Crippen LogP contribution in [-0.4, -0.2) is 11.5 Å². The van der Waals surface area contributed by atoms with Crippen molar-refractivity contribution in [3.63, 3.8) is 0 Å². The van der Waals surface area contributed by atoms with E-state index in [1.54, 1.807) is 6.21 Å². The monoisotopic (exact) mass is 265 g/mol. The Morgan fingerprint density at radius 2 is 2.30 bits per heavy atom. The van der Waals surface area contributed by atoms with E-state index in [9.17, 15) is 0 Å². The Morgan fingerprint density at radius 3 is 2.70 bits per heavy atom. The van der Waals surface area contributed by atoms with Crippen molar-refractivity contribution in [1.29, 1.82) is 0 Å². The van der Waals surface area contributed by atoms with Crippen molar-refractivity contribution in [2.45, 2.75) is 6.92 Å². The van der Waals surface area contributed by atoms with Crippen LogP contribution in [0.3, 0.4) is 0 Å². The van der Waals surface area contributed by atoms with E-state index < -0.39 is 0 Å². The fourth-order valence-corrected chi connectivity index (χ4v) is 0.975. The van der Waals surface area contributed by atoms with Crippen molar-refractivity contribution in [2.75, 3.05) is 5.33 Å². The Labute approximate surface area is 78.4 Å². The lowest BCUT2D eigenvalue weighted by molar-refractivity contribution is 1.55. The highest BCUT2D eigenvalue weighted by atomic mass is 79.9. The molecule has 0 aliphatic carbocycles. The molecule has 0 bridgehead atoms. The van der Waals surface area contributed by atoms with Crippen LogP contribution < -0.4 is 0 Å². The Hall–Kier alpha value is 0.110. The minimum atomic E-state index is 0.858. The first kappa shape index (κ1) is 10.1. The van der Waals surface area contributed by atoms with Gasteiger partial charge in [-0.2, -0.15) is 0 Å². The van der Waals surface area contributed by atoms with Crippen LogP contribution in [-0.2, 0) is 0 Å². The second kappa shape index (κ2) is 7.22.